The van der Waals surface area contributed by atoms with E-state index in [2.05, 4.69) is 15.6 Å². The highest BCUT2D eigenvalue weighted by Gasteiger charge is 2.19. The molecule has 202 valence electrons. The maximum Gasteiger partial charge on any atom is 0.319 e. The number of aryl methyl sites for hydroxylation is 1. The summed E-state index contributed by atoms with van der Waals surface area (Å²) >= 11 is 13.1. The minimum Gasteiger partial charge on any atom is -0.487 e. The molecule has 0 aliphatic carbocycles. The lowest BCUT2D eigenvalue weighted by Crippen LogP contribution is -2.40. The second-order valence-corrected chi connectivity index (χ2v) is 9.92. The van der Waals surface area contributed by atoms with E-state index in [0.29, 0.717) is 27.7 Å². The van der Waals surface area contributed by atoms with Crippen molar-refractivity contribution in [1.82, 2.24) is 10.3 Å². The van der Waals surface area contributed by atoms with Crippen molar-refractivity contribution < 1.29 is 14.3 Å². The van der Waals surface area contributed by atoms with E-state index in [0.717, 1.165) is 22.3 Å². The van der Waals surface area contributed by atoms with E-state index < -0.39 is 6.03 Å². The van der Waals surface area contributed by atoms with Crippen LogP contribution in [0, 0.1) is 6.92 Å². The van der Waals surface area contributed by atoms with Crippen LogP contribution in [0.1, 0.15) is 11.3 Å². The van der Waals surface area contributed by atoms with Crippen molar-refractivity contribution in [3.8, 4) is 5.75 Å². The van der Waals surface area contributed by atoms with Crippen LogP contribution in [0.5, 0.6) is 5.75 Å². The number of amides is 3. The van der Waals surface area contributed by atoms with Gasteiger partial charge in [0.1, 0.15) is 17.9 Å². The molecule has 10 heteroatoms. The van der Waals surface area contributed by atoms with Gasteiger partial charge in [0, 0.05) is 54.2 Å². The third-order valence-corrected chi connectivity index (χ3v) is 6.89. The lowest BCUT2D eigenvalue weighted by molar-refractivity contribution is -0.117. The molecule has 0 aliphatic heterocycles. The van der Waals surface area contributed by atoms with Crippen LogP contribution in [0.25, 0.3) is 10.9 Å². The molecule has 1 aromatic heterocycles. The maximum atomic E-state index is 12.9. The van der Waals surface area contributed by atoms with Gasteiger partial charge in [0.15, 0.2) is 0 Å². The third kappa shape index (κ3) is 6.71. The molecule has 4 rings (SSSR count). The number of pyridine rings is 1. The molecule has 0 bridgehead atoms. The molecule has 3 aromatic carbocycles. The Bertz CT molecular complexity index is 1530. The number of hydrogen-bond donors (Lipinski definition) is 2. The first-order valence-electron chi connectivity index (χ1n) is 12.2. The number of nitrogens with zero attached hydrogens (tertiary/aromatic N) is 3. The number of carbonyl (C=O) groups is 2. The summed E-state index contributed by atoms with van der Waals surface area (Å²) in [7, 11) is 5.41. The summed E-state index contributed by atoms with van der Waals surface area (Å²) in [5.74, 6) is 0.238. The summed E-state index contributed by atoms with van der Waals surface area (Å²) in [4.78, 5) is 33.2. The zero-order valence-electron chi connectivity index (χ0n) is 22.1. The van der Waals surface area contributed by atoms with Crippen LogP contribution in [-0.2, 0) is 11.4 Å². The van der Waals surface area contributed by atoms with E-state index in [4.69, 9.17) is 27.9 Å². The molecular weight excluding hydrogens is 537 g/mol. The van der Waals surface area contributed by atoms with Crippen LogP contribution in [-0.4, -0.2) is 44.6 Å². The zero-order chi connectivity index (χ0) is 28.1. The van der Waals surface area contributed by atoms with Crippen molar-refractivity contribution in [2.24, 2.45) is 0 Å². The number of nitrogens with one attached hydrogen (secondary N) is 2. The van der Waals surface area contributed by atoms with E-state index in [1.807, 2.05) is 74.4 Å². The average molecular weight is 566 g/mol. The molecule has 1 heterocycles. The Morgan fingerprint density at radius 3 is 2.51 bits per heavy atom. The van der Waals surface area contributed by atoms with Crippen molar-refractivity contribution in [3.63, 3.8) is 0 Å². The Morgan fingerprint density at radius 2 is 1.74 bits per heavy atom. The molecule has 3 amide bonds. The lowest BCUT2D eigenvalue weighted by Gasteiger charge is -2.21. The van der Waals surface area contributed by atoms with Gasteiger partial charge in [-0.05, 0) is 49.4 Å². The molecule has 2 N–H and O–H groups in total. The number of aromatic nitrogens is 1. The van der Waals surface area contributed by atoms with Gasteiger partial charge in [-0.15, -0.1) is 0 Å². The Kier molecular flexibility index (Phi) is 8.79. The van der Waals surface area contributed by atoms with Crippen LogP contribution < -0.4 is 25.2 Å². The first-order valence-corrected chi connectivity index (χ1v) is 12.9. The number of urea groups is 1. The molecule has 0 atom stereocenters. The molecule has 0 fully saturated rings. The summed E-state index contributed by atoms with van der Waals surface area (Å²) in [6.45, 7) is 1.76. The Balaban J connectivity index is 1.42. The zero-order valence-corrected chi connectivity index (χ0v) is 23.6. The third-order valence-electron chi connectivity index (χ3n) is 6.12. The van der Waals surface area contributed by atoms with Gasteiger partial charge in [-0.25, -0.2) is 9.78 Å². The van der Waals surface area contributed by atoms with Gasteiger partial charge in [0.05, 0.1) is 17.3 Å². The molecule has 39 heavy (non-hydrogen) atoms. The predicted octanol–water partition coefficient (Wildman–Crippen LogP) is 6.28. The standard InChI is InChI=1S/C29H29Cl2N5O3/c1-18-11-12-19-7-5-10-25(28(19)33-18)39-17-22-23(30)13-14-24(27(22)31)36(4)26(37)16-32-29(38)34-20-8-6-9-21(15-20)35(2)3/h5-15H,16-17H2,1-4H3,(H2,32,34,38). The highest BCUT2D eigenvalue weighted by Crippen LogP contribution is 2.35. The van der Waals surface area contributed by atoms with E-state index in [1.165, 1.54) is 4.90 Å². The SMILES string of the molecule is Cc1ccc2cccc(OCc3c(Cl)ccc(N(C)C(=O)CNC(=O)Nc4cccc(N(C)C)c4)c3Cl)c2n1. The quantitative estimate of drug-likeness (QED) is 0.262. The largest absolute Gasteiger partial charge is 0.487 e. The highest BCUT2D eigenvalue weighted by molar-refractivity contribution is 6.38. The fourth-order valence-electron chi connectivity index (χ4n) is 3.91. The van der Waals surface area contributed by atoms with Crippen LogP contribution in [0.2, 0.25) is 10.0 Å². The average Bonchev–Trinajstić information content (AvgIpc) is 2.91. The normalized spacial score (nSPS) is 10.7. The molecule has 0 saturated carbocycles. The Labute approximate surface area is 237 Å². The topological polar surface area (TPSA) is 86.8 Å². The van der Waals surface area contributed by atoms with Gasteiger partial charge in [0.25, 0.3) is 0 Å². The molecular formula is C29H29Cl2N5O3. The number of anilines is 3. The Hall–Kier alpha value is -4.01. The van der Waals surface area contributed by atoms with Gasteiger partial charge in [0.2, 0.25) is 5.91 Å². The van der Waals surface area contributed by atoms with Crippen molar-refractivity contribution in [2.75, 3.05) is 42.8 Å². The van der Waals surface area contributed by atoms with Crippen LogP contribution >= 0.6 is 23.2 Å². The van der Waals surface area contributed by atoms with E-state index in [-0.39, 0.29) is 24.1 Å². The van der Waals surface area contributed by atoms with E-state index in [1.54, 1.807) is 25.2 Å². The summed E-state index contributed by atoms with van der Waals surface area (Å²) in [5, 5.41) is 6.97. The molecule has 0 aliphatic rings. The maximum absolute atomic E-state index is 12.9. The number of hydrogen-bond acceptors (Lipinski definition) is 5. The van der Waals surface area contributed by atoms with Crippen molar-refractivity contribution in [1.29, 1.82) is 0 Å². The number of rotatable bonds is 8. The molecule has 0 saturated heterocycles. The Morgan fingerprint density at radius 1 is 0.974 bits per heavy atom. The first kappa shape index (κ1) is 28.0. The number of carbonyl (C=O) groups excluding carboxylic acids is 2. The smallest absolute Gasteiger partial charge is 0.319 e. The summed E-state index contributed by atoms with van der Waals surface area (Å²) in [6, 6.07) is 19.8. The number of fused-ring (bicyclic) bond motifs is 1. The summed E-state index contributed by atoms with van der Waals surface area (Å²) < 4.78 is 6.07. The molecule has 0 spiro atoms. The van der Waals surface area contributed by atoms with Crippen LogP contribution in [0.4, 0.5) is 21.9 Å². The number of halogens is 2. The van der Waals surface area contributed by atoms with Crippen LogP contribution in [0.3, 0.4) is 0 Å². The fourth-order valence-corrected chi connectivity index (χ4v) is 4.51. The van der Waals surface area contributed by atoms with Gasteiger partial charge < -0.3 is 25.2 Å². The van der Waals surface area contributed by atoms with E-state index in [9.17, 15) is 9.59 Å². The molecule has 4 aromatic rings. The van der Waals surface area contributed by atoms with Gasteiger partial charge in [-0.3, -0.25) is 4.79 Å². The first-order chi connectivity index (χ1) is 18.6. The number of ether oxygens (including phenoxy) is 1. The van der Waals surface area contributed by atoms with E-state index >= 15 is 0 Å². The van der Waals surface area contributed by atoms with Gasteiger partial charge >= 0.3 is 6.03 Å². The number of likely N-dealkylation sites (N-methyl/N-ethyl adjacent to an activating group) is 1. The highest BCUT2D eigenvalue weighted by atomic mass is 35.5. The van der Waals surface area contributed by atoms with Crippen LogP contribution in [0.15, 0.2) is 66.7 Å². The lowest BCUT2D eigenvalue weighted by atomic mass is 10.1. The second-order valence-electron chi connectivity index (χ2n) is 9.13. The monoisotopic (exact) mass is 565 g/mol. The van der Waals surface area contributed by atoms with Crippen molar-refractivity contribution >= 4 is 63.1 Å². The van der Waals surface area contributed by atoms with Crippen molar-refractivity contribution in [2.45, 2.75) is 13.5 Å². The predicted molar refractivity (Wildman–Crippen MR) is 158 cm³/mol. The fraction of sp³-hybridized carbons (Fsp3) is 0.207. The molecule has 0 unspecified atom stereocenters. The second kappa shape index (κ2) is 12.2. The van der Waals surface area contributed by atoms with Gasteiger partial charge in [-0.1, -0.05) is 47.5 Å². The minimum absolute atomic E-state index is 0.0783. The minimum atomic E-state index is -0.497. The van der Waals surface area contributed by atoms with Crippen molar-refractivity contribution in [3.05, 3.63) is 88.0 Å². The molecule has 8 nitrogen and oxygen atoms in total. The number of para-hydroxylation sites is 1. The van der Waals surface area contributed by atoms with Gasteiger partial charge in [-0.2, -0.15) is 0 Å². The summed E-state index contributed by atoms with van der Waals surface area (Å²) in [6.07, 6.45) is 0. The molecule has 0 radical (unpaired) electrons. The number of benzene rings is 3. The summed E-state index contributed by atoms with van der Waals surface area (Å²) in [5.41, 5.74) is 4.14.